The number of aliphatic hydroxyl groups is 1. The van der Waals surface area contributed by atoms with Gasteiger partial charge >= 0.3 is 0 Å². The number of nitrogens with zero attached hydrogens (tertiary/aromatic N) is 1. The fourth-order valence-corrected chi connectivity index (χ4v) is 2.38. The average Bonchev–Trinajstić information content (AvgIpc) is 2.67. The van der Waals surface area contributed by atoms with Crippen LogP contribution in [0.5, 0.6) is 0 Å². The van der Waals surface area contributed by atoms with E-state index in [-0.39, 0.29) is 12.1 Å². The summed E-state index contributed by atoms with van der Waals surface area (Å²) >= 11 is 0. The minimum absolute atomic E-state index is 0.250. The van der Waals surface area contributed by atoms with Crippen LogP contribution >= 0.6 is 0 Å². The van der Waals surface area contributed by atoms with Gasteiger partial charge in [-0.15, -0.1) is 0 Å². The first kappa shape index (κ1) is 13.9. The van der Waals surface area contributed by atoms with Gasteiger partial charge in [0.25, 0.3) is 0 Å². The van der Waals surface area contributed by atoms with Crippen molar-refractivity contribution in [3.63, 3.8) is 0 Å². The van der Waals surface area contributed by atoms with E-state index >= 15 is 0 Å². The van der Waals surface area contributed by atoms with Gasteiger partial charge in [-0.2, -0.15) is 0 Å². The molecule has 3 unspecified atom stereocenters. The molecule has 3 heteroatoms. The lowest BCUT2D eigenvalue weighted by molar-refractivity contribution is 0.0585. The Morgan fingerprint density at radius 2 is 2.00 bits per heavy atom. The third-order valence-electron chi connectivity index (χ3n) is 3.49. The Bertz CT molecular complexity index is 188. The van der Waals surface area contributed by atoms with Gasteiger partial charge in [0.15, 0.2) is 0 Å². The van der Waals surface area contributed by atoms with Gasteiger partial charge in [-0.1, -0.05) is 13.8 Å². The zero-order valence-electron chi connectivity index (χ0n) is 11.2. The molecule has 0 radical (unpaired) electrons. The predicted molar refractivity (Wildman–Crippen MR) is 68.6 cm³/mol. The number of rotatable bonds is 6. The third kappa shape index (κ3) is 4.40. The van der Waals surface area contributed by atoms with Crippen LogP contribution in [0, 0.1) is 5.92 Å². The van der Waals surface area contributed by atoms with Crippen molar-refractivity contribution in [2.75, 3.05) is 19.6 Å². The van der Waals surface area contributed by atoms with E-state index in [2.05, 4.69) is 31.0 Å². The highest BCUT2D eigenvalue weighted by atomic mass is 16.3. The van der Waals surface area contributed by atoms with E-state index in [1.807, 2.05) is 6.92 Å². The van der Waals surface area contributed by atoms with Crippen LogP contribution in [-0.2, 0) is 0 Å². The van der Waals surface area contributed by atoms with Crippen molar-refractivity contribution >= 4 is 0 Å². The Morgan fingerprint density at radius 3 is 2.44 bits per heavy atom. The van der Waals surface area contributed by atoms with Crippen molar-refractivity contribution in [3.8, 4) is 0 Å². The molecule has 16 heavy (non-hydrogen) atoms. The van der Waals surface area contributed by atoms with Gasteiger partial charge in [0.2, 0.25) is 0 Å². The Kier molecular flexibility index (Phi) is 5.73. The Balaban J connectivity index is 2.48. The molecular weight excluding hydrogens is 200 g/mol. The molecule has 0 bridgehead atoms. The number of hydrogen-bond donors (Lipinski definition) is 2. The molecule has 3 atom stereocenters. The van der Waals surface area contributed by atoms with Gasteiger partial charge in [-0.3, -0.25) is 4.90 Å². The Morgan fingerprint density at radius 1 is 1.31 bits per heavy atom. The molecule has 1 aliphatic heterocycles. The van der Waals surface area contributed by atoms with Crippen LogP contribution in [0.3, 0.4) is 0 Å². The first-order chi connectivity index (χ1) is 7.50. The van der Waals surface area contributed by atoms with E-state index in [0.717, 1.165) is 19.6 Å². The summed E-state index contributed by atoms with van der Waals surface area (Å²) in [6.45, 7) is 11.8. The van der Waals surface area contributed by atoms with Crippen molar-refractivity contribution in [3.05, 3.63) is 0 Å². The summed E-state index contributed by atoms with van der Waals surface area (Å²) in [6.07, 6.45) is 2.32. The summed E-state index contributed by atoms with van der Waals surface area (Å²) < 4.78 is 0. The van der Waals surface area contributed by atoms with Gasteiger partial charge in [-0.25, -0.2) is 0 Å². The molecule has 1 saturated heterocycles. The minimum atomic E-state index is -0.250. The molecular formula is C13H28N2O. The summed E-state index contributed by atoms with van der Waals surface area (Å²) in [6, 6.07) is 0.879. The highest BCUT2D eigenvalue weighted by Crippen LogP contribution is 2.13. The van der Waals surface area contributed by atoms with Crippen LogP contribution < -0.4 is 5.32 Å². The molecule has 1 aliphatic rings. The van der Waals surface area contributed by atoms with Crippen LogP contribution in [-0.4, -0.2) is 47.8 Å². The van der Waals surface area contributed by atoms with Crippen LogP contribution in [0.1, 0.15) is 40.5 Å². The SMILES string of the molecule is CC(C)CN(CC1CCCN1)C(C)C(C)O. The summed E-state index contributed by atoms with van der Waals surface area (Å²) in [5.41, 5.74) is 0. The normalized spacial score (nSPS) is 25.3. The summed E-state index contributed by atoms with van der Waals surface area (Å²) in [5.74, 6) is 0.655. The average molecular weight is 228 g/mol. The van der Waals surface area contributed by atoms with Crippen molar-refractivity contribution in [1.82, 2.24) is 10.2 Å². The monoisotopic (exact) mass is 228 g/mol. The molecule has 0 aliphatic carbocycles. The molecule has 0 saturated carbocycles. The lowest BCUT2D eigenvalue weighted by Gasteiger charge is -2.34. The number of nitrogens with one attached hydrogen (secondary N) is 1. The van der Waals surface area contributed by atoms with E-state index in [9.17, 15) is 5.11 Å². The zero-order chi connectivity index (χ0) is 12.1. The summed E-state index contributed by atoms with van der Waals surface area (Å²) in [7, 11) is 0. The number of aliphatic hydroxyl groups excluding tert-OH is 1. The summed E-state index contributed by atoms with van der Waals surface area (Å²) in [5, 5.41) is 13.2. The topological polar surface area (TPSA) is 35.5 Å². The van der Waals surface area contributed by atoms with Crippen LogP contribution in [0.4, 0.5) is 0 Å². The molecule has 2 N–H and O–H groups in total. The van der Waals surface area contributed by atoms with Crippen molar-refractivity contribution in [2.45, 2.75) is 58.7 Å². The van der Waals surface area contributed by atoms with E-state index in [4.69, 9.17) is 0 Å². The molecule has 0 aromatic carbocycles. The van der Waals surface area contributed by atoms with Crippen molar-refractivity contribution < 1.29 is 5.11 Å². The second-order valence-electron chi connectivity index (χ2n) is 5.62. The molecule has 1 rings (SSSR count). The van der Waals surface area contributed by atoms with Crippen LogP contribution in [0.2, 0.25) is 0 Å². The van der Waals surface area contributed by atoms with Crippen LogP contribution in [0.15, 0.2) is 0 Å². The van der Waals surface area contributed by atoms with E-state index in [1.165, 1.54) is 12.8 Å². The molecule has 3 nitrogen and oxygen atoms in total. The lowest BCUT2D eigenvalue weighted by Crippen LogP contribution is -2.47. The summed E-state index contributed by atoms with van der Waals surface area (Å²) in [4.78, 5) is 2.43. The molecule has 0 spiro atoms. The maximum absolute atomic E-state index is 9.72. The van der Waals surface area contributed by atoms with E-state index in [1.54, 1.807) is 0 Å². The highest BCUT2D eigenvalue weighted by Gasteiger charge is 2.24. The van der Waals surface area contributed by atoms with E-state index < -0.39 is 0 Å². The van der Waals surface area contributed by atoms with Gasteiger partial charge in [-0.05, 0) is 39.2 Å². The predicted octanol–water partition coefficient (Wildman–Crippen LogP) is 1.47. The fraction of sp³-hybridized carbons (Fsp3) is 1.00. The molecule has 0 amide bonds. The van der Waals surface area contributed by atoms with Gasteiger partial charge < -0.3 is 10.4 Å². The fourth-order valence-electron chi connectivity index (χ4n) is 2.38. The lowest BCUT2D eigenvalue weighted by atomic mass is 10.1. The molecule has 96 valence electrons. The second-order valence-corrected chi connectivity index (χ2v) is 5.62. The largest absolute Gasteiger partial charge is 0.392 e. The highest BCUT2D eigenvalue weighted by molar-refractivity contribution is 4.82. The molecule has 0 aromatic rings. The van der Waals surface area contributed by atoms with Gasteiger partial charge in [0, 0.05) is 25.2 Å². The minimum Gasteiger partial charge on any atom is -0.392 e. The van der Waals surface area contributed by atoms with Crippen LogP contribution in [0.25, 0.3) is 0 Å². The third-order valence-corrected chi connectivity index (χ3v) is 3.49. The molecule has 0 aromatic heterocycles. The maximum atomic E-state index is 9.72. The first-order valence-corrected chi connectivity index (χ1v) is 6.66. The number of hydrogen-bond acceptors (Lipinski definition) is 3. The quantitative estimate of drug-likeness (QED) is 0.722. The Hall–Kier alpha value is -0.120. The second kappa shape index (κ2) is 6.58. The molecule has 1 fully saturated rings. The van der Waals surface area contributed by atoms with Crippen molar-refractivity contribution in [2.24, 2.45) is 5.92 Å². The maximum Gasteiger partial charge on any atom is 0.0664 e. The van der Waals surface area contributed by atoms with Gasteiger partial charge in [0.05, 0.1) is 6.10 Å². The molecule has 1 heterocycles. The smallest absolute Gasteiger partial charge is 0.0664 e. The zero-order valence-corrected chi connectivity index (χ0v) is 11.2. The first-order valence-electron chi connectivity index (χ1n) is 6.66. The van der Waals surface area contributed by atoms with Crippen molar-refractivity contribution in [1.29, 1.82) is 0 Å². The Labute approximate surface area is 100 Å². The van der Waals surface area contributed by atoms with E-state index in [0.29, 0.717) is 12.0 Å². The standard InChI is InChI=1S/C13H28N2O/c1-10(2)8-15(11(3)12(4)16)9-13-6-5-7-14-13/h10-14,16H,5-9H2,1-4H3. The van der Waals surface area contributed by atoms with Gasteiger partial charge in [0.1, 0.15) is 0 Å².